The Hall–Kier alpha value is -3.96. The Balaban J connectivity index is 2.06. The minimum absolute atomic E-state index is 0.0231. The number of phenols is 1. The Labute approximate surface area is 182 Å². The first-order valence-corrected chi connectivity index (χ1v) is 9.74. The van der Waals surface area contributed by atoms with Crippen molar-refractivity contribution < 1.29 is 38.9 Å². The molecule has 2 aromatic rings. The van der Waals surface area contributed by atoms with Crippen LogP contribution in [0.2, 0.25) is 0 Å². The fourth-order valence-electron chi connectivity index (χ4n) is 4.42. The highest BCUT2D eigenvalue weighted by Crippen LogP contribution is 2.51. The van der Waals surface area contributed by atoms with Gasteiger partial charge in [-0.1, -0.05) is 30.2 Å². The predicted octanol–water partition coefficient (Wildman–Crippen LogP) is 2.01. The molecule has 162 valence electrons. The maximum Gasteiger partial charge on any atom is 0.308 e. The molecule has 32 heavy (non-hydrogen) atoms. The van der Waals surface area contributed by atoms with Crippen molar-refractivity contribution in [3.63, 3.8) is 0 Å². The topological polar surface area (TPSA) is 127 Å². The molecule has 0 radical (unpaired) electrons. The van der Waals surface area contributed by atoms with Gasteiger partial charge in [-0.2, -0.15) is 0 Å². The molecule has 8 nitrogen and oxygen atoms in total. The van der Waals surface area contributed by atoms with Crippen molar-refractivity contribution in [1.82, 2.24) is 0 Å². The van der Waals surface area contributed by atoms with Crippen LogP contribution >= 0.6 is 0 Å². The molecule has 2 N–H and O–H groups in total. The van der Waals surface area contributed by atoms with Crippen LogP contribution in [-0.4, -0.2) is 39.3 Å². The second-order valence-electron chi connectivity index (χ2n) is 7.75. The van der Waals surface area contributed by atoms with E-state index in [1.165, 1.54) is 12.1 Å². The minimum atomic E-state index is -1.60. The number of terminal acetylenes is 1. The number of benzene rings is 2. The van der Waals surface area contributed by atoms with E-state index in [1.54, 1.807) is 12.1 Å². The second-order valence-corrected chi connectivity index (χ2v) is 7.75. The number of phenolic OH excluding ortho intramolecular Hbond substituents is 1. The average Bonchev–Trinajstić information content (AvgIpc) is 2.72. The van der Waals surface area contributed by atoms with Gasteiger partial charge < -0.3 is 19.7 Å². The zero-order valence-electron chi connectivity index (χ0n) is 17.2. The molecule has 0 saturated heterocycles. The zero-order chi connectivity index (χ0) is 23.4. The van der Waals surface area contributed by atoms with Gasteiger partial charge in [-0.05, 0) is 0 Å². The highest BCUT2D eigenvalue weighted by atomic mass is 16.6. The molecule has 2 aromatic carbocycles. The lowest BCUT2D eigenvalue weighted by Gasteiger charge is -2.38. The number of aliphatic hydroxyl groups excluding tert-OH is 1. The number of aromatic hydroxyl groups is 1. The van der Waals surface area contributed by atoms with Gasteiger partial charge in [-0.25, -0.2) is 0 Å². The van der Waals surface area contributed by atoms with E-state index in [1.807, 2.05) is 0 Å². The zero-order valence-corrected chi connectivity index (χ0v) is 17.2. The first kappa shape index (κ1) is 21.3. The van der Waals surface area contributed by atoms with E-state index in [9.17, 15) is 29.4 Å². The third kappa shape index (κ3) is 3.06. The Morgan fingerprint density at radius 1 is 1.09 bits per heavy atom. The van der Waals surface area contributed by atoms with Gasteiger partial charge in [0.2, 0.25) is 0 Å². The van der Waals surface area contributed by atoms with E-state index in [2.05, 4.69) is 5.92 Å². The molecule has 0 heterocycles. The van der Waals surface area contributed by atoms with Gasteiger partial charge in [0.05, 0.1) is 17.2 Å². The number of fused-ring (bicyclic) bond motifs is 3. The standard InChI is InChI=1S/C24H18O8/c1-4-24(32-12(3)26)9-15-17(16(27)10-24)22(30)18-19(23(15)31-11(2)25)21(29)14-8-6-5-7-13(14)20(18)28/h1,5-8,16,27,30H,9-10H2,2-3H3. The van der Waals surface area contributed by atoms with Crippen molar-refractivity contribution in [3.8, 4) is 23.8 Å². The Morgan fingerprint density at radius 3 is 2.22 bits per heavy atom. The summed E-state index contributed by atoms with van der Waals surface area (Å²) in [6, 6.07) is 6.05. The lowest BCUT2D eigenvalue weighted by Crippen LogP contribution is -2.41. The van der Waals surface area contributed by atoms with Crippen LogP contribution in [0.4, 0.5) is 0 Å². The molecular weight excluding hydrogens is 416 g/mol. The quantitative estimate of drug-likeness (QED) is 0.356. The van der Waals surface area contributed by atoms with Crippen LogP contribution in [0.3, 0.4) is 0 Å². The monoisotopic (exact) mass is 434 g/mol. The summed E-state index contributed by atoms with van der Waals surface area (Å²) < 4.78 is 10.6. The van der Waals surface area contributed by atoms with Gasteiger partial charge in [0, 0.05) is 48.9 Å². The molecule has 0 bridgehead atoms. The molecule has 2 aliphatic carbocycles. The number of ketones is 2. The molecule has 2 aliphatic rings. The summed E-state index contributed by atoms with van der Waals surface area (Å²) in [4.78, 5) is 50.1. The molecule has 0 spiro atoms. The van der Waals surface area contributed by atoms with Crippen molar-refractivity contribution in [2.24, 2.45) is 0 Å². The maximum absolute atomic E-state index is 13.3. The maximum atomic E-state index is 13.3. The molecule has 0 saturated carbocycles. The summed E-state index contributed by atoms with van der Waals surface area (Å²) in [5.41, 5.74) is -2.18. The smallest absolute Gasteiger partial charge is 0.308 e. The molecule has 8 heteroatoms. The van der Waals surface area contributed by atoms with E-state index >= 15 is 0 Å². The van der Waals surface area contributed by atoms with E-state index in [0.29, 0.717) is 0 Å². The third-order valence-electron chi connectivity index (χ3n) is 5.61. The van der Waals surface area contributed by atoms with Gasteiger partial charge in [0.25, 0.3) is 0 Å². The fraction of sp³-hybridized carbons (Fsp3) is 0.250. The number of ether oxygens (including phenoxy) is 2. The first-order chi connectivity index (χ1) is 15.1. The molecule has 0 amide bonds. The SMILES string of the molecule is C#CC1(OC(C)=O)Cc2c(OC(C)=O)c3c(c(O)c2C(O)C1)C(=O)c1ccccc1C3=O. The van der Waals surface area contributed by atoms with E-state index < -0.39 is 41.0 Å². The third-order valence-corrected chi connectivity index (χ3v) is 5.61. The van der Waals surface area contributed by atoms with Crippen LogP contribution in [-0.2, 0) is 20.7 Å². The first-order valence-electron chi connectivity index (χ1n) is 9.74. The van der Waals surface area contributed by atoms with Crippen LogP contribution in [0.5, 0.6) is 11.5 Å². The normalized spacial score (nSPS) is 21.0. The number of hydrogen-bond donors (Lipinski definition) is 2. The number of esters is 2. The summed E-state index contributed by atoms with van der Waals surface area (Å²) >= 11 is 0. The number of hydrogen-bond acceptors (Lipinski definition) is 8. The summed E-state index contributed by atoms with van der Waals surface area (Å²) in [7, 11) is 0. The highest BCUT2D eigenvalue weighted by molar-refractivity contribution is 6.30. The minimum Gasteiger partial charge on any atom is -0.507 e. The summed E-state index contributed by atoms with van der Waals surface area (Å²) in [5, 5.41) is 21.9. The summed E-state index contributed by atoms with van der Waals surface area (Å²) in [6.45, 7) is 2.26. The van der Waals surface area contributed by atoms with Gasteiger partial charge in [-0.15, -0.1) is 6.42 Å². The van der Waals surface area contributed by atoms with Crippen molar-refractivity contribution in [1.29, 1.82) is 0 Å². The van der Waals surface area contributed by atoms with Crippen LogP contribution in [0, 0.1) is 12.3 Å². The van der Waals surface area contributed by atoms with Crippen LogP contribution < -0.4 is 4.74 Å². The van der Waals surface area contributed by atoms with Gasteiger partial charge in [-0.3, -0.25) is 19.2 Å². The van der Waals surface area contributed by atoms with E-state index in [-0.39, 0.29) is 52.0 Å². The van der Waals surface area contributed by atoms with Crippen LogP contribution in [0.1, 0.15) is 69.3 Å². The number of carbonyl (C=O) groups excluding carboxylic acids is 4. The molecule has 2 unspecified atom stereocenters. The molecule has 2 atom stereocenters. The molecule has 4 rings (SSSR count). The predicted molar refractivity (Wildman–Crippen MR) is 109 cm³/mol. The molecular formula is C24H18O8. The molecule has 0 fully saturated rings. The molecule has 0 aliphatic heterocycles. The number of carbonyl (C=O) groups is 4. The van der Waals surface area contributed by atoms with Crippen molar-refractivity contribution in [2.45, 2.75) is 38.4 Å². The number of rotatable bonds is 2. The molecule has 0 aromatic heterocycles. The van der Waals surface area contributed by atoms with Gasteiger partial charge in [0.15, 0.2) is 17.2 Å². The van der Waals surface area contributed by atoms with E-state index in [0.717, 1.165) is 13.8 Å². The Kier molecular flexibility index (Phi) is 4.87. The van der Waals surface area contributed by atoms with Gasteiger partial charge in [0.1, 0.15) is 11.5 Å². The van der Waals surface area contributed by atoms with E-state index in [4.69, 9.17) is 15.9 Å². The van der Waals surface area contributed by atoms with Crippen molar-refractivity contribution in [3.05, 3.63) is 57.6 Å². The number of aliphatic hydroxyl groups is 1. The van der Waals surface area contributed by atoms with Crippen molar-refractivity contribution in [2.75, 3.05) is 0 Å². The van der Waals surface area contributed by atoms with Crippen molar-refractivity contribution >= 4 is 23.5 Å². The van der Waals surface area contributed by atoms with Crippen LogP contribution in [0.15, 0.2) is 24.3 Å². The summed E-state index contributed by atoms with van der Waals surface area (Å²) in [6.07, 6.45) is 3.64. The Bertz CT molecular complexity index is 1270. The summed E-state index contributed by atoms with van der Waals surface area (Å²) in [5.74, 6) is -1.31. The Morgan fingerprint density at radius 2 is 1.69 bits per heavy atom. The van der Waals surface area contributed by atoms with Gasteiger partial charge >= 0.3 is 11.9 Å². The van der Waals surface area contributed by atoms with Crippen LogP contribution in [0.25, 0.3) is 0 Å². The lowest BCUT2D eigenvalue weighted by atomic mass is 9.73. The largest absolute Gasteiger partial charge is 0.507 e. The average molecular weight is 434 g/mol. The second kappa shape index (κ2) is 7.32. The highest BCUT2D eigenvalue weighted by Gasteiger charge is 2.47. The lowest BCUT2D eigenvalue weighted by molar-refractivity contribution is -0.154. The fourth-order valence-corrected chi connectivity index (χ4v) is 4.42.